The van der Waals surface area contributed by atoms with Crippen LogP contribution in [0.25, 0.3) is 33.0 Å². The van der Waals surface area contributed by atoms with Gasteiger partial charge in [0.15, 0.2) is 0 Å². The fourth-order valence-corrected chi connectivity index (χ4v) is 5.23. The number of ether oxygens (including phenoxy) is 1. The zero-order valence-corrected chi connectivity index (χ0v) is 19.1. The van der Waals surface area contributed by atoms with Crippen molar-refractivity contribution in [1.82, 2.24) is 19.8 Å². The second-order valence-electron chi connectivity index (χ2n) is 8.96. The van der Waals surface area contributed by atoms with Crippen LogP contribution in [0.5, 0.6) is 0 Å². The van der Waals surface area contributed by atoms with E-state index in [1.165, 1.54) is 6.07 Å². The summed E-state index contributed by atoms with van der Waals surface area (Å²) in [7, 11) is 0. The number of para-hydroxylation sites is 2. The molecule has 1 saturated heterocycles. The van der Waals surface area contributed by atoms with Crippen molar-refractivity contribution >= 4 is 44.8 Å². The maximum atomic E-state index is 15.0. The first-order valence-corrected chi connectivity index (χ1v) is 11.9. The first kappa shape index (κ1) is 21.8. The number of hydrogen-bond acceptors (Lipinski definition) is 4. The molecular formula is C27H25FN4O3. The fourth-order valence-electron chi connectivity index (χ4n) is 5.23. The average Bonchev–Trinajstić information content (AvgIpc) is 3.53. The monoisotopic (exact) mass is 472 g/mol. The van der Waals surface area contributed by atoms with E-state index in [0.717, 1.165) is 50.2 Å². The van der Waals surface area contributed by atoms with Gasteiger partial charge in [0, 0.05) is 66.0 Å². The molecule has 1 fully saturated rings. The van der Waals surface area contributed by atoms with E-state index in [0.29, 0.717) is 34.1 Å². The normalized spacial score (nSPS) is 17.2. The number of fused-ring (bicyclic) bond motifs is 2. The number of aromatic nitrogens is 2. The minimum absolute atomic E-state index is 0.280. The highest BCUT2D eigenvalue weighted by molar-refractivity contribution is 6.50. The van der Waals surface area contributed by atoms with Crippen molar-refractivity contribution in [2.45, 2.75) is 13.0 Å². The number of morpholine rings is 1. The molecular weight excluding hydrogens is 447 g/mol. The molecule has 0 atom stereocenters. The van der Waals surface area contributed by atoms with E-state index < -0.39 is 11.8 Å². The fraction of sp³-hybridized carbons (Fsp3) is 0.259. The Labute approximate surface area is 201 Å². The van der Waals surface area contributed by atoms with Gasteiger partial charge < -0.3 is 14.3 Å². The molecule has 6 rings (SSSR count). The average molecular weight is 473 g/mol. The van der Waals surface area contributed by atoms with E-state index in [1.54, 1.807) is 12.3 Å². The summed E-state index contributed by atoms with van der Waals surface area (Å²) < 4.78 is 22.3. The van der Waals surface area contributed by atoms with Gasteiger partial charge in [0.25, 0.3) is 11.8 Å². The lowest BCUT2D eigenvalue weighted by atomic mass is 9.95. The molecule has 178 valence electrons. The number of H-pyrrole nitrogens is 1. The SMILES string of the molecule is O=C1NC(=O)C(c2cn(CCCN3CCOCC3)c3c(F)cccc23)=C1c1c[nH]c2ccccc12. The Morgan fingerprint density at radius 2 is 1.63 bits per heavy atom. The highest BCUT2D eigenvalue weighted by atomic mass is 19.1. The number of carbonyl (C=O) groups is 2. The van der Waals surface area contributed by atoms with E-state index in [4.69, 9.17) is 4.74 Å². The molecule has 8 heteroatoms. The molecule has 2 aromatic carbocycles. The predicted molar refractivity (Wildman–Crippen MR) is 132 cm³/mol. The molecule has 0 radical (unpaired) electrons. The Morgan fingerprint density at radius 1 is 0.886 bits per heavy atom. The van der Waals surface area contributed by atoms with Gasteiger partial charge in [-0.05, 0) is 18.6 Å². The molecule has 2 aromatic heterocycles. The highest BCUT2D eigenvalue weighted by Gasteiger charge is 2.35. The number of rotatable bonds is 6. The van der Waals surface area contributed by atoms with Gasteiger partial charge in [-0.1, -0.05) is 30.3 Å². The molecule has 4 heterocycles. The summed E-state index contributed by atoms with van der Waals surface area (Å²) in [5.41, 5.74) is 3.13. The van der Waals surface area contributed by atoms with Crippen LogP contribution in [-0.4, -0.2) is 59.1 Å². The lowest BCUT2D eigenvalue weighted by molar-refractivity contribution is -0.122. The van der Waals surface area contributed by atoms with Crippen molar-refractivity contribution in [1.29, 1.82) is 0 Å². The number of benzene rings is 2. The van der Waals surface area contributed by atoms with Gasteiger partial charge in [-0.3, -0.25) is 19.8 Å². The van der Waals surface area contributed by atoms with Crippen molar-refractivity contribution in [3.63, 3.8) is 0 Å². The number of halogens is 1. The summed E-state index contributed by atoms with van der Waals surface area (Å²) >= 11 is 0. The van der Waals surface area contributed by atoms with Crippen LogP contribution in [0.2, 0.25) is 0 Å². The first-order valence-electron chi connectivity index (χ1n) is 11.9. The summed E-state index contributed by atoms with van der Waals surface area (Å²) in [5.74, 6) is -1.26. The van der Waals surface area contributed by atoms with Gasteiger partial charge in [-0.25, -0.2) is 4.39 Å². The molecule has 2 aliphatic heterocycles. The van der Waals surface area contributed by atoms with Gasteiger partial charge in [-0.15, -0.1) is 0 Å². The Balaban J connectivity index is 1.45. The number of nitrogens with zero attached hydrogens (tertiary/aromatic N) is 2. The van der Waals surface area contributed by atoms with Crippen LogP contribution in [0, 0.1) is 5.82 Å². The Kier molecular flexibility index (Phi) is 5.47. The predicted octanol–water partition coefficient (Wildman–Crippen LogP) is 3.55. The van der Waals surface area contributed by atoms with Gasteiger partial charge in [0.1, 0.15) is 5.82 Å². The maximum Gasteiger partial charge on any atom is 0.259 e. The molecule has 0 bridgehead atoms. The Hall–Kier alpha value is -3.75. The lowest BCUT2D eigenvalue weighted by Crippen LogP contribution is -2.37. The van der Waals surface area contributed by atoms with Crippen LogP contribution in [0.1, 0.15) is 17.5 Å². The summed E-state index contributed by atoms with van der Waals surface area (Å²) in [6.07, 6.45) is 4.40. The zero-order valence-electron chi connectivity index (χ0n) is 19.1. The summed E-state index contributed by atoms with van der Waals surface area (Å²) in [6.45, 7) is 4.75. The van der Waals surface area contributed by atoms with Gasteiger partial charge >= 0.3 is 0 Å². The van der Waals surface area contributed by atoms with Crippen LogP contribution >= 0.6 is 0 Å². The highest BCUT2D eigenvalue weighted by Crippen LogP contribution is 2.38. The van der Waals surface area contributed by atoms with Gasteiger partial charge in [0.05, 0.1) is 29.9 Å². The van der Waals surface area contributed by atoms with Crippen molar-refractivity contribution < 1.29 is 18.7 Å². The molecule has 0 spiro atoms. The number of nitrogens with one attached hydrogen (secondary N) is 2. The van der Waals surface area contributed by atoms with Crippen LogP contribution in [0.3, 0.4) is 0 Å². The zero-order chi connectivity index (χ0) is 23.9. The molecule has 4 aromatic rings. The van der Waals surface area contributed by atoms with Crippen LogP contribution in [0.4, 0.5) is 4.39 Å². The van der Waals surface area contributed by atoms with Crippen LogP contribution < -0.4 is 5.32 Å². The minimum Gasteiger partial charge on any atom is -0.379 e. The molecule has 7 nitrogen and oxygen atoms in total. The van der Waals surface area contributed by atoms with Crippen molar-refractivity contribution in [2.75, 3.05) is 32.8 Å². The van der Waals surface area contributed by atoms with E-state index in [9.17, 15) is 9.59 Å². The van der Waals surface area contributed by atoms with E-state index in [2.05, 4.69) is 15.2 Å². The van der Waals surface area contributed by atoms with Gasteiger partial charge in [-0.2, -0.15) is 0 Å². The summed E-state index contributed by atoms with van der Waals surface area (Å²) in [5, 5.41) is 3.93. The van der Waals surface area contributed by atoms with E-state index in [1.807, 2.05) is 41.1 Å². The number of hydrogen-bond donors (Lipinski definition) is 2. The second kappa shape index (κ2) is 8.79. The third-order valence-electron chi connectivity index (χ3n) is 6.89. The van der Waals surface area contributed by atoms with Gasteiger partial charge in [0.2, 0.25) is 0 Å². The molecule has 2 N–H and O–H groups in total. The van der Waals surface area contributed by atoms with Crippen LogP contribution in [-0.2, 0) is 20.9 Å². The van der Waals surface area contributed by atoms with E-state index in [-0.39, 0.29) is 11.4 Å². The number of imide groups is 1. The number of amides is 2. The quantitative estimate of drug-likeness (QED) is 0.421. The third kappa shape index (κ3) is 3.75. The topological polar surface area (TPSA) is 79.4 Å². The van der Waals surface area contributed by atoms with E-state index >= 15 is 4.39 Å². The van der Waals surface area contributed by atoms with Crippen molar-refractivity contribution in [3.05, 3.63) is 71.8 Å². The number of aryl methyl sites for hydroxylation is 1. The van der Waals surface area contributed by atoms with Crippen LogP contribution in [0.15, 0.2) is 54.9 Å². The van der Waals surface area contributed by atoms with Crippen molar-refractivity contribution in [2.24, 2.45) is 0 Å². The first-order chi connectivity index (χ1) is 17.1. The minimum atomic E-state index is -0.466. The van der Waals surface area contributed by atoms with Crippen molar-refractivity contribution in [3.8, 4) is 0 Å². The molecule has 0 saturated carbocycles. The Morgan fingerprint density at radius 3 is 2.46 bits per heavy atom. The number of aromatic amines is 1. The molecule has 2 amide bonds. The molecule has 0 unspecified atom stereocenters. The molecule has 35 heavy (non-hydrogen) atoms. The second-order valence-corrected chi connectivity index (χ2v) is 8.96. The lowest BCUT2D eigenvalue weighted by Gasteiger charge is -2.26. The largest absolute Gasteiger partial charge is 0.379 e. The smallest absolute Gasteiger partial charge is 0.259 e. The molecule has 0 aliphatic carbocycles. The summed E-state index contributed by atoms with van der Waals surface area (Å²) in [6, 6.07) is 12.5. The molecule has 2 aliphatic rings. The Bertz CT molecular complexity index is 1490. The summed E-state index contributed by atoms with van der Waals surface area (Å²) in [4.78, 5) is 31.6. The number of carbonyl (C=O) groups excluding carboxylic acids is 2. The standard InChI is InChI=1S/C27H25FN4O3/c28-21-7-3-6-18-20(16-32(25(18)21)10-4-9-31-11-13-35-14-12-31)24-23(26(33)30-27(24)34)19-15-29-22-8-2-1-5-17(19)22/h1-3,5-8,15-16,29H,4,9-14H2,(H,30,33,34). The maximum absolute atomic E-state index is 15.0. The third-order valence-corrected chi connectivity index (χ3v) is 6.89.